The van der Waals surface area contributed by atoms with Gasteiger partial charge in [-0.3, -0.25) is 0 Å². The van der Waals surface area contributed by atoms with Crippen LogP contribution in [0.1, 0.15) is 22.3 Å². The van der Waals surface area contributed by atoms with Gasteiger partial charge in [0.2, 0.25) is 0 Å². The predicted molar refractivity (Wildman–Crippen MR) is 50.5 cm³/mol. The number of hydrogen-bond acceptors (Lipinski definition) is 2. The highest BCUT2D eigenvalue weighted by Gasteiger charge is 2.41. The molecule has 8 heteroatoms. The van der Waals surface area contributed by atoms with Crippen LogP contribution in [0.3, 0.4) is 0 Å². The van der Waals surface area contributed by atoms with E-state index >= 15 is 0 Å². The monoisotopic (exact) mass is 278 g/mol. The molecule has 19 heavy (non-hydrogen) atoms. The second kappa shape index (κ2) is 4.81. The highest BCUT2D eigenvalue weighted by Crippen LogP contribution is 2.40. The van der Waals surface area contributed by atoms with E-state index in [1.165, 1.54) is 12.1 Å². The summed E-state index contributed by atoms with van der Waals surface area (Å²) in [5, 5.41) is 16.9. The molecule has 0 heterocycles. The maximum Gasteiger partial charge on any atom is 0.416 e. The summed E-state index contributed by atoms with van der Waals surface area (Å²) in [7, 11) is 0. The number of benzene rings is 1. The van der Waals surface area contributed by atoms with Crippen LogP contribution in [0.4, 0.5) is 26.3 Å². The van der Waals surface area contributed by atoms with Gasteiger partial charge in [0, 0.05) is 0 Å². The summed E-state index contributed by atoms with van der Waals surface area (Å²) < 4.78 is 76.0. The average Bonchev–Trinajstić information content (AvgIpc) is 2.26. The number of nitrogens with zero attached hydrogens (tertiary/aromatic N) is 2. The fraction of sp³-hybridized carbons (Fsp3) is 0.273. The molecule has 0 unspecified atom stereocenters. The second-order valence-electron chi connectivity index (χ2n) is 3.49. The summed E-state index contributed by atoms with van der Waals surface area (Å²) in [5.74, 6) is 0. The van der Waals surface area contributed by atoms with Crippen LogP contribution in [0.15, 0.2) is 12.1 Å². The molecule has 0 aliphatic heterocycles. The van der Waals surface area contributed by atoms with Gasteiger partial charge in [-0.15, -0.1) is 0 Å². The van der Waals surface area contributed by atoms with Crippen molar-refractivity contribution < 1.29 is 26.3 Å². The topological polar surface area (TPSA) is 47.6 Å². The van der Waals surface area contributed by atoms with Crippen LogP contribution in [-0.4, -0.2) is 0 Å². The van der Waals surface area contributed by atoms with E-state index in [2.05, 4.69) is 0 Å². The van der Waals surface area contributed by atoms with Crippen molar-refractivity contribution in [2.24, 2.45) is 0 Å². The van der Waals surface area contributed by atoms with Crippen molar-refractivity contribution in [2.75, 3.05) is 0 Å². The molecule has 0 saturated heterocycles. The van der Waals surface area contributed by atoms with E-state index in [1.54, 1.807) is 0 Å². The van der Waals surface area contributed by atoms with E-state index < -0.39 is 41.0 Å². The third-order valence-electron chi connectivity index (χ3n) is 2.25. The van der Waals surface area contributed by atoms with Crippen molar-refractivity contribution in [2.45, 2.75) is 18.8 Å². The molecule has 0 aliphatic carbocycles. The van der Waals surface area contributed by atoms with Crippen molar-refractivity contribution in [3.8, 4) is 12.1 Å². The molecular weight excluding hydrogens is 274 g/mol. The Kier molecular flexibility index (Phi) is 3.75. The van der Waals surface area contributed by atoms with Crippen LogP contribution in [0.5, 0.6) is 0 Å². The smallest absolute Gasteiger partial charge is 0.198 e. The largest absolute Gasteiger partial charge is 0.416 e. The molecule has 0 spiro atoms. The van der Waals surface area contributed by atoms with E-state index in [-0.39, 0.29) is 0 Å². The maximum absolute atomic E-state index is 12.7. The minimum atomic E-state index is -5.07. The normalized spacial score (nSPS) is 11.8. The number of alkyl halides is 6. The van der Waals surface area contributed by atoms with Crippen LogP contribution in [0.25, 0.3) is 0 Å². The van der Waals surface area contributed by atoms with E-state index in [0.717, 1.165) is 0 Å². The lowest BCUT2D eigenvalue weighted by molar-refractivity contribution is -0.144. The third-order valence-corrected chi connectivity index (χ3v) is 2.25. The maximum atomic E-state index is 12.7. The first-order valence-corrected chi connectivity index (χ1v) is 4.69. The minimum Gasteiger partial charge on any atom is -0.198 e. The molecular formula is C11H4F6N2. The lowest BCUT2D eigenvalue weighted by atomic mass is 9.95. The third kappa shape index (κ3) is 3.16. The van der Waals surface area contributed by atoms with Crippen molar-refractivity contribution in [1.82, 2.24) is 0 Å². The van der Waals surface area contributed by atoms with Crippen LogP contribution < -0.4 is 0 Å². The van der Waals surface area contributed by atoms with E-state index in [0.29, 0.717) is 12.1 Å². The Hall–Kier alpha value is -2.22. The molecule has 0 atom stereocenters. The highest BCUT2D eigenvalue weighted by atomic mass is 19.4. The predicted octanol–water partition coefficient (Wildman–Crippen LogP) is 3.66. The zero-order valence-electron chi connectivity index (χ0n) is 9.02. The zero-order chi connectivity index (χ0) is 14.8. The number of nitriles is 2. The molecule has 1 aromatic carbocycles. The molecule has 100 valence electrons. The van der Waals surface area contributed by atoms with Gasteiger partial charge < -0.3 is 0 Å². The Morgan fingerprint density at radius 3 is 1.58 bits per heavy atom. The van der Waals surface area contributed by atoms with Crippen molar-refractivity contribution in [1.29, 1.82) is 10.5 Å². The van der Waals surface area contributed by atoms with Crippen molar-refractivity contribution in [3.05, 3.63) is 34.4 Å². The van der Waals surface area contributed by atoms with Crippen LogP contribution in [0, 0.1) is 22.7 Å². The zero-order valence-corrected chi connectivity index (χ0v) is 9.02. The lowest BCUT2D eigenvalue weighted by Crippen LogP contribution is -2.17. The standard InChI is InChI=1S/C11H4F6N2/c12-10(13,14)8-3-6(5-19)4-9(11(15,16)17)7(8)1-2-18/h3-4H,1H2. The second-order valence-corrected chi connectivity index (χ2v) is 3.49. The molecule has 0 amide bonds. The molecule has 0 bridgehead atoms. The summed E-state index contributed by atoms with van der Waals surface area (Å²) in [5.41, 5.74) is -5.15. The molecule has 1 aromatic rings. The van der Waals surface area contributed by atoms with Gasteiger partial charge in [-0.25, -0.2) is 0 Å². The number of rotatable bonds is 1. The van der Waals surface area contributed by atoms with Gasteiger partial charge in [-0.1, -0.05) is 0 Å². The minimum absolute atomic E-state index is 0.307. The Morgan fingerprint density at radius 1 is 0.895 bits per heavy atom. The van der Waals surface area contributed by atoms with Gasteiger partial charge in [-0.05, 0) is 17.7 Å². The Balaban J connectivity index is 3.73. The highest BCUT2D eigenvalue weighted by molar-refractivity contribution is 5.47. The molecule has 0 fully saturated rings. The molecule has 2 nitrogen and oxygen atoms in total. The fourth-order valence-electron chi connectivity index (χ4n) is 1.51. The molecule has 0 N–H and O–H groups in total. The molecule has 0 aromatic heterocycles. The van der Waals surface area contributed by atoms with Gasteiger partial charge in [-0.2, -0.15) is 36.9 Å². The van der Waals surface area contributed by atoms with E-state index in [9.17, 15) is 26.3 Å². The van der Waals surface area contributed by atoms with Gasteiger partial charge in [0.15, 0.2) is 0 Å². The fourth-order valence-corrected chi connectivity index (χ4v) is 1.51. The molecule has 0 radical (unpaired) electrons. The SMILES string of the molecule is N#CCc1c(C(F)(F)F)cc(C#N)cc1C(F)(F)F. The molecule has 0 aliphatic rings. The van der Waals surface area contributed by atoms with Gasteiger partial charge >= 0.3 is 12.4 Å². The summed E-state index contributed by atoms with van der Waals surface area (Å²) in [6.45, 7) is 0. The summed E-state index contributed by atoms with van der Waals surface area (Å²) >= 11 is 0. The van der Waals surface area contributed by atoms with Crippen molar-refractivity contribution in [3.63, 3.8) is 0 Å². The summed E-state index contributed by atoms with van der Waals surface area (Å²) in [6.07, 6.45) is -11.2. The van der Waals surface area contributed by atoms with Crippen molar-refractivity contribution >= 4 is 0 Å². The lowest BCUT2D eigenvalue weighted by Gasteiger charge is -2.17. The van der Waals surface area contributed by atoms with Crippen LogP contribution in [-0.2, 0) is 18.8 Å². The Bertz CT molecular complexity index is 536. The van der Waals surface area contributed by atoms with Gasteiger partial charge in [0.05, 0.1) is 35.2 Å². The first kappa shape index (κ1) is 14.8. The summed E-state index contributed by atoms with van der Waals surface area (Å²) in [6, 6.07) is 3.12. The van der Waals surface area contributed by atoms with E-state index in [4.69, 9.17) is 10.5 Å². The Morgan fingerprint density at radius 2 is 1.32 bits per heavy atom. The quantitative estimate of drug-likeness (QED) is 0.736. The van der Waals surface area contributed by atoms with E-state index in [1.807, 2.05) is 0 Å². The van der Waals surface area contributed by atoms with Gasteiger partial charge in [0.25, 0.3) is 0 Å². The molecule has 0 saturated carbocycles. The summed E-state index contributed by atoms with van der Waals surface area (Å²) in [4.78, 5) is 0. The number of halogens is 6. The first-order valence-electron chi connectivity index (χ1n) is 4.69. The average molecular weight is 278 g/mol. The first-order chi connectivity index (χ1) is 8.61. The number of hydrogen-bond donors (Lipinski definition) is 0. The Labute approximate surface area is 103 Å². The van der Waals surface area contributed by atoms with Crippen LogP contribution >= 0.6 is 0 Å². The molecule has 1 rings (SSSR count). The van der Waals surface area contributed by atoms with Gasteiger partial charge in [0.1, 0.15) is 0 Å². The van der Waals surface area contributed by atoms with Crippen LogP contribution in [0.2, 0.25) is 0 Å².